The molecule has 1 aromatic heterocycles. The van der Waals surface area contributed by atoms with Gasteiger partial charge in [-0.15, -0.1) is 5.10 Å². The van der Waals surface area contributed by atoms with Gasteiger partial charge in [-0.3, -0.25) is 4.79 Å². The van der Waals surface area contributed by atoms with E-state index in [1.807, 2.05) is 24.3 Å². The number of amides is 1. The Morgan fingerprint density at radius 3 is 2.76 bits per heavy atom. The minimum Gasteiger partial charge on any atom is -0.478 e. The Bertz CT molecular complexity index is 1810. The number of carbonyl (C=O) groups excluding carboxylic acids is 1. The average molecular weight is 646 g/mol. The smallest absolute Gasteiger partial charge is 0.349 e. The molecular weight excluding hydrogens is 620 g/mol. The highest BCUT2D eigenvalue weighted by Crippen LogP contribution is 2.31. The molecule has 1 aliphatic carbocycles. The van der Waals surface area contributed by atoms with Crippen molar-refractivity contribution in [3.8, 4) is 5.75 Å². The first kappa shape index (κ1) is 27.9. The zero-order valence-electron chi connectivity index (χ0n) is 22.3. The molecule has 5 aromatic rings. The third kappa shape index (κ3) is 5.89. The topological polar surface area (TPSA) is 106 Å². The van der Waals surface area contributed by atoms with Crippen LogP contribution in [0.3, 0.4) is 0 Å². The van der Waals surface area contributed by atoms with E-state index in [0.29, 0.717) is 33.0 Å². The number of ether oxygens (including phenoxy) is 1. The maximum absolute atomic E-state index is 13.2. The highest BCUT2D eigenvalue weighted by molar-refractivity contribution is 9.10. The standard InChI is InChI=1S/C32H26BrClN4O4/c33-23-8-3-7-20(15-23)30(32(40)41)42-24-12-13-26(34)22(16-24)18-38-29-14-11-21(17-28(29)36-37-38)31(39)35-27-10-4-6-19-5-1-2-9-25(19)27/h1-3,5,7-9,11-17,27,30H,4,6,10,18H2,(H,35,39)(H,40,41). The Morgan fingerprint density at radius 1 is 1.07 bits per heavy atom. The summed E-state index contributed by atoms with van der Waals surface area (Å²) in [4.78, 5) is 25.2. The zero-order valence-corrected chi connectivity index (χ0v) is 24.7. The molecule has 0 fully saturated rings. The molecule has 8 nitrogen and oxygen atoms in total. The Labute approximate surface area is 255 Å². The van der Waals surface area contributed by atoms with E-state index >= 15 is 0 Å². The summed E-state index contributed by atoms with van der Waals surface area (Å²) in [7, 11) is 0. The molecule has 0 saturated carbocycles. The molecule has 2 atom stereocenters. The zero-order chi connectivity index (χ0) is 29.2. The molecule has 2 unspecified atom stereocenters. The van der Waals surface area contributed by atoms with Crippen molar-refractivity contribution in [2.45, 2.75) is 38.0 Å². The van der Waals surface area contributed by atoms with Crippen molar-refractivity contribution < 1.29 is 19.4 Å². The van der Waals surface area contributed by atoms with Crippen LogP contribution in [0.25, 0.3) is 11.0 Å². The predicted octanol–water partition coefficient (Wildman–Crippen LogP) is 6.91. The normalized spacial score (nSPS) is 15.1. The van der Waals surface area contributed by atoms with Crippen LogP contribution >= 0.6 is 27.5 Å². The van der Waals surface area contributed by atoms with Crippen molar-refractivity contribution >= 4 is 50.4 Å². The van der Waals surface area contributed by atoms with Crippen LogP contribution in [0, 0.1) is 0 Å². The number of nitrogens with zero attached hydrogens (tertiary/aromatic N) is 3. The third-order valence-electron chi connectivity index (χ3n) is 7.42. The van der Waals surface area contributed by atoms with Crippen LogP contribution in [-0.2, 0) is 17.8 Å². The monoisotopic (exact) mass is 644 g/mol. The molecule has 0 aliphatic heterocycles. The van der Waals surface area contributed by atoms with Gasteiger partial charge in [0.2, 0.25) is 6.10 Å². The van der Waals surface area contributed by atoms with E-state index in [2.05, 4.69) is 43.7 Å². The summed E-state index contributed by atoms with van der Waals surface area (Å²) in [6.45, 7) is 0.269. The molecule has 6 rings (SSSR count). The minimum atomic E-state index is -1.20. The number of hydrogen-bond donors (Lipinski definition) is 2. The molecule has 212 valence electrons. The highest BCUT2D eigenvalue weighted by atomic mass is 79.9. The molecule has 1 aliphatic rings. The van der Waals surface area contributed by atoms with E-state index < -0.39 is 12.1 Å². The summed E-state index contributed by atoms with van der Waals surface area (Å²) >= 11 is 9.88. The summed E-state index contributed by atoms with van der Waals surface area (Å²) in [6.07, 6.45) is 1.77. The van der Waals surface area contributed by atoms with Crippen LogP contribution in [0.15, 0.2) is 89.4 Å². The van der Waals surface area contributed by atoms with E-state index in [1.54, 1.807) is 53.2 Å². The third-order valence-corrected chi connectivity index (χ3v) is 8.28. The number of aromatic nitrogens is 3. The Hall–Kier alpha value is -4.21. The maximum Gasteiger partial charge on any atom is 0.349 e. The highest BCUT2D eigenvalue weighted by Gasteiger charge is 2.24. The second kappa shape index (κ2) is 12.0. The molecule has 42 heavy (non-hydrogen) atoms. The first-order valence-corrected chi connectivity index (χ1v) is 14.7. The molecule has 4 aromatic carbocycles. The lowest BCUT2D eigenvalue weighted by Gasteiger charge is -2.26. The van der Waals surface area contributed by atoms with Crippen LogP contribution in [-0.4, -0.2) is 32.0 Å². The van der Waals surface area contributed by atoms with Gasteiger partial charge < -0.3 is 15.2 Å². The number of carbonyl (C=O) groups is 2. The number of nitrogens with one attached hydrogen (secondary N) is 1. The largest absolute Gasteiger partial charge is 0.478 e. The summed E-state index contributed by atoms with van der Waals surface area (Å²) in [6, 6.07) is 25.5. The second-order valence-corrected chi connectivity index (χ2v) is 11.5. The van der Waals surface area contributed by atoms with Gasteiger partial charge >= 0.3 is 5.97 Å². The molecule has 0 spiro atoms. The fourth-order valence-electron chi connectivity index (χ4n) is 5.35. The molecular formula is C32H26BrClN4O4. The molecule has 1 amide bonds. The average Bonchev–Trinajstić information content (AvgIpc) is 3.39. The number of aliphatic carboxylic acids is 1. The second-order valence-electron chi connectivity index (χ2n) is 10.2. The van der Waals surface area contributed by atoms with Crippen LogP contribution in [0.4, 0.5) is 0 Å². The van der Waals surface area contributed by atoms with Crippen molar-refractivity contribution in [3.63, 3.8) is 0 Å². The van der Waals surface area contributed by atoms with Crippen LogP contribution in [0.1, 0.15) is 57.6 Å². The van der Waals surface area contributed by atoms with E-state index in [0.717, 1.165) is 29.3 Å². The van der Waals surface area contributed by atoms with Crippen LogP contribution in [0.5, 0.6) is 5.75 Å². The number of hydrogen-bond acceptors (Lipinski definition) is 5. The van der Waals surface area contributed by atoms with Crippen molar-refractivity contribution in [1.82, 2.24) is 20.3 Å². The summed E-state index contributed by atoms with van der Waals surface area (Å²) in [5.74, 6) is -0.909. The van der Waals surface area contributed by atoms with Crippen molar-refractivity contribution in [1.29, 1.82) is 0 Å². The molecule has 1 heterocycles. The summed E-state index contributed by atoms with van der Waals surface area (Å²) in [5.41, 5.74) is 5.47. The van der Waals surface area contributed by atoms with Gasteiger partial charge in [-0.05, 0) is 84.5 Å². The lowest BCUT2D eigenvalue weighted by atomic mass is 9.87. The molecule has 2 N–H and O–H groups in total. The van der Waals surface area contributed by atoms with Gasteiger partial charge in [-0.2, -0.15) is 0 Å². The number of aryl methyl sites for hydroxylation is 1. The molecule has 0 radical (unpaired) electrons. The fraction of sp³-hybridized carbons (Fsp3) is 0.188. The fourth-order valence-corrected chi connectivity index (χ4v) is 5.94. The molecule has 0 bridgehead atoms. The first-order valence-electron chi connectivity index (χ1n) is 13.5. The van der Waals surface area contributed by atoms with E-state index in [-0.39, 0.29) is 18.5 Å². The van der Waals surface area contributed by atoms with E-state index in [1.165, 1.54) is 11.1 Å². The number of fused-ring (bicyclic) bond motifs is 2. The SMILES string of the molecule is O=C(NC1CCCc2ccccc21)c1ccc2c(c1)nnn2Cc1cc(OC(C(=O)O)c2cccc(Br)c2)ccc1Cl. The predicted molar refractivity (Wildman–Crippen MR) is 163 cm³/mol. The van der Waals surface area contributed by atoms with Crippen molar-refractivity contribution in [2.75, 3.05) is 0 Å². The van der Waals surface area contributed by atoms with Gasteiger partial charge in [-0.1, -0.05) is 69.1 Å². The van der Waals surface area contributed by atoms with E-state index in [9.17, 15) is 14.7 Å². The van der Waals surface area contributed by atoms with Crippen molar-refractivity contribution in [3.05, 3.63) is 122 Å². The quantitative estimate of drug-likeness (QED) is 0.190. The lowest BCUT2D eigenvalue weighted by molar-refractivity contribution is -0.145. The van der Waals surface area contributed by atoms with Gasteiger partial charge in [0.25, 0.3) is 5.91 Å². The number of carboxylic acids is 1. The van der Waals surface area contributed by atoms with Crippen LogP contribution < -0.4 is 10.1 Å². The number of carboxylic acid groups (broad SMARTS) is 1. The van der Waals surface area contributed by atoms with E-state index in [4.69, 9.17) is 16.3 Å². The number of benzene rings is 4. The molecule has 0 saturated heterocycles. The lowest BCUT2D eigenvalue weighted by Crippen LogP contribution is -2.30. The maximum atomic E-state index is 13.2. The minimum absolute atomic E-state index is 0.0189. The first-order chi connectivity index (χ1) is 20.4. The van der Waals surface area contributed by atoms with Gasteiger partial charge in [0.05, 0.1) is 18.1 Å². The van der Waals surface area contributed by atoms with Crippen LogP contribution in [0.2, 0.25) is 5.02 Å². The van der Waals surface area contributed by atoms with Gasteiger partial charge in [0.1, 0.15) is 11.3 Å². The Kier molecular flexibility index (Phi) is 7.95. The van der Waals surface area contributed by atoms with Gasteiger partial charge in [-0.25, -0.2) is 9.48 Å². The number of rotatable bonds is 8. The summed E-state index contributed by atoms with van der Waals surface area (Å²) in [5, 5.41) is 22.0. The Balaban J connectivity index is 1.20. The number of halogens is 2. The Morgan fingerprint density at radius 2 is 1.93 bits per heavy atom. The van der Waals surface area contributed by atoms with Gasteiger partial charge in [0, 0.05) is 20.6 Å². The van der Waals surface area contributed by atoms with Crippen molar-refractivity contribution in [2.24, 2.45) is 0 Å². The molecule has 10 heteroatoms. The summed E-state index contributed by atoms with van der Waals surface area (Å²) < 4.78 is 8.31. The van der Waals surface area contributed by atoms with Gasteiger partial charge in [0.15, 0.2) is 0 Å².